The number of hydrogen-bond acceptors (Lipinski definition) is 6. The van der Waals surface area contributed by atoms with Crippen LogP contribution in [0, 0.1) is 0 Å². The molecule has 134 valence electrons. The molecule has 6 heteroatoms. The second kappa shape index (κ2) is 8.20. The first-order valence-corrected chi connectivity index (χ1v) is 8.13. The van der Waals surface area contributed by atoms with Crippen LogP contribution in [0.25, 0.3) is 11.3 Å². The van der Waals surface area contributed by atoms with Gasteiger partial charge in [-0.3, -0.25) is 0 Å². The maximum atomic E-state index is 12.1. The molecular formula is C20H19NO5. The highest BCUT2D eigenvalue weighted by atomic mass is 16.6. The number of nitrogens with zero attached hydrogens (tertiary/aromatic N) is 1. The maximum Gasteiger partial charge on any atom is 0.347 e. The Bertz CT molecular complexity index is 842. The summed E-state index contributed by atoms with van der Waals surface area (Å²) in [5, 5.41) is 0. The summed E-state index contributed by atoms with van der Waals surface area (Å²) >= 11 is 0. The highest BCUT2D eigenvalue weighted by Gasteiger charge is 2.18. The Hall–Kier alpha value is -3.28. The fraction of sp³-hybridized carbons (Fsp3) is 0.200. The lowest BCUT2D eigenvalue weighted by molar-refractivity contribution is -0.153. The molecule has 0 saturated carbocycles. The molecule has 0 spiro atoms. The van der Waals surface area contributed by atoms with E-state index in [-0.39, 0.29) is 6.61 Å². The van der Waals surface area contributed by atoms with Gasteiger partial charge in [-0.05, 0) is 31.2 Å². The van der Waals surface area contributed by atoms with Crippen molar-refractivity contribution >= 4 is 5.97 Å². The lowest BCUT2D eigenvalue weighted by Crippen LogP contribution is -2.26. The number of rotatable bonds is 7. The molecule has 0 N–H and O–H groups in total. The number of methoxy groups -OCH3 is 1. The van der Waals surface area contributed by atoms with Crippen molar-refractivity contribution in [1.82, 2.24) is 4.98 Å². The molecule has 1 aromatic heterocycles. The van der Waals surface area contributed by atoms with Crippen LogP contribution in [0.3, 0.4) is 0 Å². The molecule has 6 nitrogen and oxygen atoms in total. The molecule has 1 atom stereocenters. The summed E-state index contributed by atoms with van der Waals surface area (Å²) in [7, 11) is 1.59. The van der Waals surface area contributed by atoms with Gasteiger partial charge in [0.2, 0.25) is 5.89 Å². The van der Waals surface area contributed by atoms with Gasteiger partial charge in [-0.25, -0.2) is 9.78 Å². The van der Waals surface area contributed by atoms with Gasteiger partial charge in [-0.15, -0.1) is 0 Å². The van der Waals surface area contributed by atoms with Crippen molar-refractivity contribution in [3.8, 4) is 22.8 Å². The van der Waals surface area contributed by atoms with Crippen LogP contribution >= 0.6 is 0 Å². The number of esters is 1. The van der Waals surface area contributed by atoms with Crippen LogP contribution in [0.1, 0.15) is 12.8 Å². The summed E-state index contributed by atoms with van der Waals surface area (Å²) in [5.74, 6) is 1.72. The zero-order valence-corrected chi connectivity index (χ0v) is 14.5. The summed E-state index contributed by atoms with van der Waals surface area (Å²) in [6, 6.07) is 16.5. The Morgan fingerprint density at radius 1 is 1.08 bits per heavy atom. The molecule has 3 aromatic rings. The zero-order chi connectivity index (χ0) is 18.4. The van der Waals surface area contributed by atoms with E-state index in [0.717, 1.165) is 5.56 Å². The smallest absolute Gasteiger partial charge is 0.347 e. The van der Waals surface area contributed by atoms with Gasteiger partial charge in [0, 0.05) is 5.56 Å². The molecule has 0 aliphatic rings. The summed E-state index contributed by atoms with van der Waals surface area (Å²) in [6.45, 7) is 1.57. The molecule has 0 radical (unpaired) electrons. The molecule has 2 aromatic carbocycles. The second-order valence-electron chi connectivity index (χ2n) is 5.53. The van der Waals surface area contributed by atoms with E-state index in [4.69, 9.17) is 18.6 Å². The second-order valence-corrected chi connectivity index (χ2v) is 5.53. The van der Waals surface area contributed by atoms with Crippen LogP contribution in [0.4, 0.5) is 0 Å². The molecule has 0 fully saturated rings. The minimum Gasteiger partial charge on any atom is -0.497 e. The minimum atomic E-state index is -0.757. The predicted molar refractivity (Wildman–Crippen MR) is 94.8 cm³/mol. The number of benzene rings is 2. The van der Waals surface area contributed by atoms with Crippen molar-refractivity contribution < 1.29 is 23.4 Å². The van der Waals surface area contributed by atoms with E-state index in [1.54, 1.807) is 44.5 Å². The van der Waals surface area contributed by atoms with Gasteiger partial charge in [-0.1, -0.05) is 30.3 Å². The number of hydrogen-bond donors (Lipinski definition) is 0. The van der Waals surface area contributed by atoms with Crippen LogP contribution in [-0.4, -0.2) is 24.2 Å². The van der Waals surface area contributed by atoms with Crippen molar-refractivity contribution in [1.29, 1.82) is 0 Å². The van der Waals surface area contributed by atoms with E-state index in [0.29, 0.717) is 23.1 Å². The third-order valence-electron chi connectivity index (χ3n) is 3.65. The fourth-order valence-corrected chi connectivity index (χ4v) is 2.27. The summed E-state index contributed by atoms with van der Waals surface area (Å²) in [6.07, 6.45) is 0.849. The van der Waals surface area contributed by atoms with E-state index in [1.807, 2.05) is 30.3 Å². The first-order valence-electron chi connectivity index (χ1n) is 8.13. The summed E-state index contributed by atoms with van der Waals surface area (Å²) in [4.78, 5) is 16.2. The number of oxazole rings is 1. The molecule has 0 bridgehead atoms. The van der Waals surface area contributed by atoms with Crippen molar-refractivity contribution in [2.24, 2.45) is 0 Å². The number of aromatic nitrogens is 1. The Morgan fingerprint density at radius 2 is 1.77 bits per heavy atom. The normalized spacial score (nSPS) is 11.6. The van der Waals surface area contributed by atoms with Crippen molar-refractivity contribution in [3.05, 3.63) is 66.7 Å². The molecule has 0 amide bonds. The summed E-state index contributed by atoms with van der Waals surface area (Å²) in [5.41, 5.74) is 0.911. The van der Waals surface area contributed by atoms with E-state index < -0.39 is 12.1 Å². The average molecular weight is 353 g/mol. The summed E-state index contributed by atoms with van der Waals surface area (Å²) < 4.78 is 21.4. The van der Waals surface area contributed by atoms with E-state index in [9.17, 15) is 4.79 Å². The van der Waals surface area contributed by atoms with Gasteiger partial charge in [0.1, 0.15) is 11.5 Å². The third-order valence-corrected chi connectivity index (χ3v) is 3.65. The van der Waals surface area contributed by atoms with Crippen LogP contribution < -0.4 is 9.47 Å². The maximum absolute atomic E-state index is 12.1. The highest BCUT2D eigenvalue weighted by molar-refractivity contribution is 5.74. The predicted octanol–water partition coefficient (Wildman–Crippen LogP) is 3.86. The van der Waals surface area contributed by atoms with Gasteiger partial charge in [-0.2, -0.15) is 0 Å². The zero-order valence-electron chi connectivity index (χ0n) is 14.5. The van der Waals surface area contributed by atoms with Gasteiger partial charge in [0.25, 0.3) is 0 Å². The number of ether oxygens (including phenoxy) is 3. The SMILES string of the molecule is COc1ccc(OC(C)C(=O)OCc2ncc(-c3ccccc3)o2)cc1. The van der Waals surface area contributed by atoms with Crippen molar-refractivity contribution in [3.63, 3.8) is 0 Å². The molecule has 0 aliphatic heterocycles. The molecule has 1 unspecified atom stereocenters. The lowest BCUT2D eigenvalue weighted by Gasteiger charge is -2.13. The minimum absolute atomic E-state index is 0.0536. The standard InChI is InChI=1S/C20H19NO5/c1-14(25-17-10-8-16(23-2)9-11-17)20(22)24-13-19-21-12-18(26-19)15-6-4-3-5-7-15/h3-12,14H,13H2,1-2H3. The molecule has 1 heterocycles. The first kappa shape index (κ1) is 17.5. The van der Waals surface area contributed by atoms with Gasteiger partial charge in [0.05, 0.1) is 13.3 Å². The van der Waals surface area contributed by atoms with Gasteiger partial charge in [0.15, 0.2) is 18.5 Å². The quantitative estimate of drug-likeness (QED) is 0.601. The largest absolute Gasteiger partial charge is 0.497 e. The Labute approximate surface area is 151 Å². The topological polar surface area (TPSA) is 70.8 Å². The van der Waals surface area contributed by atoms with Gasteiger partial charge < -0.3 is 18.6 Å². The Balaban J connectivity index is 1.52. The molecule has 0 saturated heterocycles. The highest BCUT2D eigenvalue weighted by Crippen LogP contribution is 2.21. The van der Waals surface area contributed by atoms with Crippen LogP contribution in [-0.2, 0) is 16.1 Å². The molecular weight excluding hydrogens is 334 g/mol. The lowest BCUT2D eigenvalue weighted by atomic mass is 10.2. The third kappa shape index (κ3) is 4.42. The molecule has 3 rings (SSSR count). The first-order chi connectivity index (χ1) is 12.7. The van der Waals surface area contributed by atoms with Crippen LogP contribution in [0.15, 0.2) is 65.2 Å². The van der Waals surface area contributed by atoms with E-state index in [2.05, 4.69) is 4.98 Å². The van der Waals surface area contributed by atoms with Crippen molar-refractivity contribution in [2.75, 3.05) is 7.11 Å². The van der Waals surface area contributed by atoms with Crippen LogP contribution in [0.5, 0.6) is 11.5 Å². The van der Waals surface area contributed by atoms with Gasteiger partial charge >= 0.3 is 5.97 Å². The van der Waals surface area contributed by atoms with E-state index in [1.165, 1.54) is 0 Å². The molecule has 26 heavy (non-hydrogen) atoms. The number of carbonyl (C=O) groups excluding carboxylic acids is 1. The fourth-order valence-electron chi connectivity index (χ4n) is 2.27. The van der Waals surface area contributed by atoms with Crippen molar-refractivity contribution in [2.45, 2.75) is 19.6 Å². The molecule has 0 aliphatic carbocycles. The average Bonchev–Trinajstić information content (AvgIpc) is 3.16. The Morgan fingerprint density at radius 3 is 2.46 bits per heavy atom. The van der Waals surface area contributed by atoms with Crippen LogP contribution in [0.2, 0.25) is 0 Å². The number of carbonyl (C=O) groups is 1. The van der Waals surface area contributed by atoms with E-state index >= 15 is 0 Å². The Kier molecular flexibility index (Phi) is 5.53. The monoisotopic (exact) mass is 353 g/mol.